The van der Waals surface area contributed by atoms with Gasteiger partial charge in [0.05, 0.1) is 6.20 Å². The van der Waals surface area contributed by atoms with Crippen LogP contribution in [-0.2, 0) is 11.3 Å². The topological polar surface area (TPSA) is 72.7 Å². The number of carbonyl (C=O) groups excluding carboxylic acids is 1. The number of hydrogen-bond donors (Lipinski definition) is 1. The Kier molecular flexibility index (Phi) is 3.94. The average Bonchev–Trinajstić information content (AvgIpc) is 3.10. The molecule has 106 valence electrons. The van der Waals surface area contributed by atoms with E-state index in [0.29, 0.717) is 15.8 Å². The van der Waals surface area contributed by atoms with Crippen molar-refractivity contribution in [3.8, 4) is 11.3 Å². The molecule has 1 N–H and O–H groups in total. The lowest BCUT2D eigenvalue weighted by Gasteiger charge is -2.00. The van der Waals surface area contributed by atoms with Crippen LogP contribution in [0.2, 0.25) is 5.02 Å². The minimum absolute atomic E-state index is 0.0765. The largest absolute Gasteiger partial charge is 0.300 e. The van der Waals surface area contributed by atoms with Gasteiger partial charge in [0.1, 0.15) is 12.2 Å². The van der Waals surface area contributed by atoms with E-state index in [0.717, 1.165) is 5.56 Å². The maximum Gasteiger partial charge on any atom is 0.247 e. The van der Waals surface area contributed by atoms with Crippen molar-refractivity contribution in [2.75, 3.05) is 5.32 Å². The summed E-state index contributed by atoms with van der Waals surface area (Å²) in [7, 11) is 0. The van der Waals surface area contributed by atoms with Crippen LogP contribution in [0.15, 0.2) is 42.0 Å². The highest BCUT2D eigenvalue weighted by Gasteiger charge is 2.09. The Morgan fingerprint density at radius 3 is 3.10 bits per heavy atom. The molecule has 0 aliphatic rings. The first kappa shape index (κ1) is 13.7. The zero-order chi connectivity index (χ0) is 14.7. The zero-order valence-corrected chi connectivity index (χ0v) is 12.3. The molecular weight excluding hydrogens is 310 g/mol. The molecule has 1 aromatic carbocycles. The molecule has 0 radical (unpaired) electrons. The van der Waals surface area contributed by atoms with Gasteiger partial charge < -0.3 is 5.32 Å². The number of rotatable bonds is 4. The molecule has 0 saturated heterocycles. The van der Waals surface area contributed by atoms with Gasteiger partial charge in [-0.1, -0.05) is 28.9 Å². The molecule has 21 heavy (non-hydrogen) atoms. The van der Waals surface area contributed by atoms with E-state index in [9.17, 15) is 4.79 Å². The molecule has 3 rings (SSSR count). The van der Waals surface area contributed by atoms with Crippen LogP contribution in [-0.4, -0.2) is 25.9 Å². The number of halogens is 1. The van der Waals surface area contributed by atoms with E-state index in [1.807, 2.05) is 12.1 Å². The summed E-state index contributed by atoms with van der Waals surface area (Å²) in [5.74, 6) is -0.201. The van der Waals surface area contributed by atoms with Crippen molar-refractivity contribution in [1.29, 1.82) is 0 Å². The Labute approximate surface area is 129 Å². The van der Waals surface area contributed by atoms with Gasteiger partial charge in [0.15, 0.2) is 5.13 Å². The van der Waals surface area contributed by atoms with Gasteiger partial charge in [-0.05, 0) is 12.1 Å². The number of anilines is 1. The maximum absolute atomic E-state index is 11.8. The second-order valence-electron chi connectivity index (χ2n) is 4.20. The predicted molar refractivity (Wildman–Crippen MR) is 81.2 cm³/mol. The highest BCUT2D eigenvalue weighted by atomic mass is 35.5. The Balaban J connectivity index is 1.69. The summed E-state index contributed by atoms with van der Waals surface area (Å²) >= 11 is 7.30. The molecule has 8 heteroatoms. The molecule has 0 aliphatic carbocycles. The zero-order valence-electron chi connectivity index (χ0n) is 10.7. The number of aromatic nitrogens is 4. The fourth-order valence-electron chi connectivity index (χ4n) is 1.75. The summed E-state index contributed by atoms with van der Waals surface area (Å²) < 4.78 is 1.47. The lowest BCUT2D eigenvalue weighted by Crippen LogP contribution is -2.18. The minimum atomic E-state index is -0.201. The minimum Gasteiger partial charge on any atom is -0.300 e. The van der Waals surface area contributed by atoms with Crippen LogP contribution in [0, 0.1) is 0 Å². The monoisotopic (exact) mass is 319 g/mol. The first-order valence-corrected chi connectivity index (χ1v) is 7.32. The van der Waals surface area contributed by atoms with Crippen molar-refractivity contribution in [3.63, 3.8) is 0 Å². The molecule has 0 saturated carbocycles. The lowest BCUT2D eigenvalue weighted by atomic mass is 10.2. The number of nitrogens with one attached hydrogen (secondary N) is 1. The number of nitrogens with zero attached hydrogens (tertiary/aromatic N) is 4. The van der Waals surface area contributed by atoms with E-state index in [1.165, 1.54) is 16.0 Å². The summed E-state index contributed by atoms with van der Waals surface area (Å²) in [5.41, 5.74) is 1.52. The van der Waals surface area contributed by atoms with Crippen LogP contribution in [0.1, 0.15) is 0 Å². The van der Waals surface area contributed by atoms with Crippen LogP contribution in [0.3, 0.4) is 0 Å². The Bertz CT molecular complexity index is 756. The molecule has 0 unspecified atom stereocenters. The first-order chi connectivity index (χ1) is 10.2. The average molecular weight is 320 g/mol. The molecule has 0 bridgehead atoms. The predicted octanol–water partition coefficient (Wildman–Crippen LogP) is 2.69. The third kappa shape index (κ3) is 3.45. The van der Waals surface area contributed by atoms with Gasteiger partial charge in [-0.25, -0.2) is 9.67 Å². The van der Waals surface area contributed by atoms with Gasteiger partial charge >= 0.3 is 0 Å². The lowest BCUT2D eigenvalue weighted by molar-refractivity contribution is -0.116. The standard InChI is InChI=1S/C13H10ClN5OS/c14-10-3-1-2-9(6-10)11-7-19(18-17-11)8-12(20)16-13-15-4-5-21-13/h1-7H,8H2,(H,15,16,20). The highest BCUT2D eigenvalue weighted by molar-refractivity contribution is 7.13. The highest BCUT2D eigenvalue weighted by Crippen LogP contribution is 2.20. The number of benzene rings is 1. The van der Waals surface area contributed by atoms with Crippen molar-refractivity contribution in [2.24, 2.45) is 0 Å². The van der Waals surface area contributed by atoms with E-state index in [2.05, 4.69) is 20.6 Å². The van der Waals surface area contributed by atoms with Crippen LogP contribution in [0.5, 0.6) is 0 Å². The van der Waals surface area contributed by atoms with Gasteiger partial charge in [-0.15, -0.1) is 16.4 Å². The Morgan fingerprint density at radius 1 is 1.43 bits per heavy atom. The van der Waals surface area contributed by atoms with Crippen molar-refractivity contribution < 1.29 is 4.79 Å². The molecule has 2 aromatic heterocycles. The van der Waals surface area contributed by atoms with Crippen LogP contribution in [0.25, 0.3) is 11.3 Å². The van der Waals surface area contributed by atoms with Crippen molar-refractivity contribution in [2.45, 2.75) is 6.54 Å². The summed E-state index contributed by atoms with van der Waals surface area (Å²) in [4.78, 5) is 15.8. The number of hydrogen-bond acceptors (Lipinski definition) is 5. The Morgan fingerprint density at radius 2 is 2.33 bits per heavy atom. The smallest absolute Gasteiger partial charge is 0.247 e. The molecule has 3 aromatic rings. The van der Waals surface area contributed by atoms with E-state index in [4.69, 9.17) is 11.6 Å². The van der Waals surface area contributed by atoms with Crippen molar-refractivity contribution in [3.05, 3.63) is 47.1 Å². The summed E-state index contributed by atoms with van der Waals surface area (Å²) in [5, 5.41) is 13.7. The van der Waals surface area contributed by atoms with E-state index in [-0.39, 0.29) is 12.5 Å². The van der Waals surface area contributed by atoms with Crippen LogP contribution < -0.4 is 5.32 Å². The molecule has 6 nitrogen and oxygen atoms in total. The quantitative estimate of drug-likeness (QED) is 0.802. The van der Waals surface area contributed by atoms with E-state index in [1.54, 1.807) is 29.9 Å². The first-order valence-electron chi connectivity index (χ1n) is 6.06. The number of amides is 1. The fourth-order valence-corrected chi connectivity index (χ4v) is 2.48. The Hall–Kier alpha value is -2.25. The van der Waals surface area contributed by atoms with Crippen molar-refractivity contribution >= 4 is 34.0 Å². The normalized spacial score (nSPS) is 10.5. The van der Waals surface area contributed by atoms with E-state index < -0.39 is 0 Å². The van der Waals surface area contributed by atoms with Gasteiger partial charge in [0, 0.05) is 22.2 Å². The summed E-state index contributed by atoms with van der Waals surface area (Å²) in [6.07, 6.45) is 3.33. The van der Waals surface area contributed by atoms with Gasteiger partial charge in [0.25, 0.3) is 0 Å². The molecule has 0 fully saturated rings. The van der Waals surface area contributed by atoms with E-state index >= 15 is 0 Å². The number of thiazole rings is 1. The third-order valence-corrected chi connectivity index (χ3v) is 3.57. The maximum atomic E-state index is 11.8. The fraction of sp³-hybridized carbons (Fsp3) is 0.0769. The SMILES string of the molecule is O=C(Cn1cc(-c2cccc(Cl)c2)nn1)Nc1nccs1. The number of carbonyl (C=O) groups is 1. The van der Waals surface area contributed by atoms with Gasteiger partial charge in [-0.3, -0.25) is 4.79 Å². The summed E-state index contributed by atoms with van der Waals surface area (Å²) in [6.45, 7) is 0.0765. The molecular formula is C13H10ClN5OS. The van der Waals surface area contributed by atoms with Crippen LogP contribution in [0.4, 0.5) is 5.13 Å². The molecule has 2 heterocycles. The van der Waals surface area contributed by atoms with Crippen molar-refractivity contribution in [1.82, 2.24) is 20.0 Å². The van der Waals surface area contributed by atoms with Gasteiger partial charge in [-0.2, -0.15) is 0 Å². The summed E-state index contributed by atoms with van der Waals surface area (Å²) in [6, 6.07) is 7.31. The second kappa shape index (κ2) is 6.02. The van der Waals surface area contributed by atoms with Gasteiger partial charge in [0.2, 0.25) is 5.91 Å². The van der Waals surface area contributed by atoms with Crippen LogP contribution >= 0.6 is 22.9 Å². The molecule has 0 aliphatic heterocycles. The molecule has 1 amide bonds. The molecule has 0 atom stereocenters. The second-order valence-corrected chi connectivity index (χ2v) is 5.53. The molecule has 0 spiro atoms. The third-order valence-electron chi connectivity index (χ3n) is 2.64.